The quantitative estimate of drug-likeness (QED) is 0.913. The molecule has 0 aromatic heterocycles. The molecule has 3 nitrogen and oxygen atoms in total. The second kappa shape index (κ2) is 4.75. The van der Waals surface area contributed by atoms with Crippen LogP contribution in [0.5, 0.6) is 0 Å². The Balaban J connectivity index is 3.48. The maximum atomic E-state index is 12.7. The SMILES string of the molecule is N#Cc1ccc(CC(=O)O)c(C(F)(F)F)c1Br. The van der Waals surface area contributed by atoms with Gasteiger partial charge in [-0.05, 0) is 27.6 Å². The molecular weight excluding hydrogens is 303 g/mol. The van der Waals surface area contributed by atoms with E-state index in [2.05, 4.69) is 15.9 Å². The highest BCUT2D eigenvalue weighted by Crippen LogP contribution is 2.39. The number of hydrogen-bond acceptors (Lipinski definition) is 2. The Morgan fingerprint density at radius 1 is 1.47 bits per heavy atom. The van der Waals surface area contributed by atoms with Crippen LogP contribution in [-0.4, -0.2) is 11.1 Å². The lowest BCUT2D eigenvalue weighted by molar-refractivity contribution is -0.140. The van der Waals surface area contributed by atoms with Crippen LogP contribution in [-0.2, 0) is 17.4 Å². The molecule has 0 saturated heterocycles. The van der Waals surface area contributed by atoms with Crippen molar-refractivity contribution in [3.63, 3.8) is 0 Å². The van der Waals surface area contributed by atoms with Crippen LogP contribution in [0, 0.1) is 11.3 Å². The maximum absolute atomic E-state index is 12.7. The number of rotatable bonds is 2. The molecule has 0 amide bonds. The van der Waals surface area contributed by atoms with Gasteiger partial charge < -0.3 is 5.11 Å². The van der Waals surface area contributed by atoms with Gasteiger partial charge in [0.25, 0.3) is 0 Å². The minimum absolute atomic E-state index is 0.188. The highest BCUT2D eigenvalue weighted by Gasteiger charge is 2.37. The molecule has 0 heterocycles. The number of carboxylic acids is 1. The number of benzene rings is 1. The fourth-order valence-corrected chi connectivity index (χ4v) is 2.02. The summed E-state index contributed by atoms with van der Waals surface area (Å²) < 4.78 is 37.8. The Labute approximate surface area is 103 Å². The van der Waals surface area contributed by atoms with Gasteiger partial charge in [-0.3, -0.25) is 4.79 Å². The highest BCUT2D eigenvalue weighted by atomic mass is 79.9. The van der Waals surface area contributed by atoms with Crippen molar-refractivity contribution in [2.24, 2.45) is 0 Å². The first-order valence-electron chi connectivity index (χ1n) is 4.28. The van der Waals surface area contributed by atoms with Crippen LogP contribution in [0.1, 0.15) is 16.7 Å². The smallest absolute Gasteiger partial charge is 0.417 e. The third-order valence-corrected chi connectivity index (χ3v) is 2.80. The van der Waals surface area contributed by atoms with E-state index in [1.165, 1.54) is 0 Å². The average Bonchev–Trinajstić information content (AvgIpc) is 2.14. The predicted molar refractivity (Wildman–Crippen MR) is 55.2 cm³/mol. The monoisotopic (exact) mass is 307 g/mol. The van der Waals surface area contributed by atoms with Crippen LogP contribution < -0.4 is 0 Å². The summed E-state index contributed by atoms with van der Waals surface area (Å²) in [6.45, 7) is 0. The molecule has 0 radical (unpaired) electrons. The summed E-state index contributed by atoms with van der Waals surface area (Å²) in [5.74, 6) is -1.37. The van der Waals surface area contributed by atoms with Crippen molar-refractivity contribution in [1.29, 1.82) is 5.26 Å². The molecule has 0 bridgehead atoms. The molecule has 0 unspecified atom stereocenters. The topological polar surface area (TPSA) is 61.1 Å². The third kappa shape index (κ3) is 2.97. The molecule has 0 saturated carbocycles. The van der Waals surface area contributed by atoms with Crippen molar-refractivity contribution < 1.29 is 23.1 Å². The molecular formula is C10H5BrF3NO2. The molecule has 0 aliphatic rings. The number of nitrogens with zero attached hydrogens (tertiary/aromatic N) is 1. The first-order chi connectivity index (χ1) is 7.77. The molecule has 7 heteroatoms. The van der Waals surface area contributed by atoms with E-state index in [1.54, 1.807) is 6.07 Å². The van der Waals surface area contributed by atoms with Crippen molar-refractivity contribution in [2.45, 2.75) is 12.6 Å². The van der Waals surface area contributed by atoms with E-state index < -0.39 is 28.6 Å². The summed E-state index contributed by atoms with van der Waals surface area (Å²) in [5, 5.41) is 17.1. The van der Waals surface area contributed by atoms with E-state index in [0.29, 0.717) is 0 Å². The number of hydrogen-bond donors (Lipinski definition) is 1. The fraction of sp³-hybridized carbons (Fsp3) is 0.200. The minimum Gasteiger partial charge on any atom is -0.481 e. The van der Waals surface area contributed by atoms with E-state index in [4.69, 9.17) is 10.4 Å². The van der Waals surface area contributed by atoms with Gasteiger partial charge in [0.15, 0.2) is 0 Å². The molecule has 0 atom stereocenters. The molecule has 0 spiro atoms. The van der Waals surface area contributed by atoms with Gasteiger partial charge in [-0.15, -0.1) is 0 Å². The summed E-state index contributed by atoms with van der Waals surface area (Å²) in [5.41, 5.74) is -1.68. The van der Waals surface area contributed by atoms with Gasteiger partial charge >= 0.3 is 12.1 Å². The van der Waals surface area contributed by atoms with Gasteiger partial charge in [0, 0.05) is 4.47 Å². The number of nitriles is 1. The predicted octanol–water partition coefficient (Wildman–Crippen LogP) is 2.97. The Hall–Kier alpha value is -1.55. The Bertz CT molecular complexity index is 505. The lowest BCUT2D eigenvalue weighted by Crippen LogP contribution is -2.14. The zero-order valence-electron chi connectivity index (χ0n) is 8.18. The molecule has 0 aliphatic carbocycles. The van der Waals surface area contributed by atoms with Gasteiger partial charge in [0.2, 0.25) is 0 Å². The number of carboxylic acid groups (broad SMARTS) is 1. The van der Waals surface area contributed by atoms with Crippen molar-refractivity contribution >= 4 is 21.9 Å². The molecule has 17 heavy (non-hydrogen) atoms. The summed E-state index contributed by atoms with van der Waals surface area (Å²) in [4.78, 5) is 10.5. The second-order valence-corrected chi connectivity index (χ2v) is 3.93. The molecule has 1 aromatic rings. The maximum Gasteiger partial charge on any atom is 0.417 e. The van der Waals surface area contributed by atoms with Gasteiger partial charge in [0.05, 0.1) is 17.5 Å². The largest absolute Gasteiger partial charge is 0.481 e. The van der Waals surface area contributed by atoms with Crippen molar-refractivity contribution in [2.75, 3.05) is 0 Å². The van der Waals surface area contributed by atoms with E-state index in [9.17, 15) is 18.0 Å². The van der Waals surface area contributed by atoms with E-state index in [1.807, 2.05) is 0 Å². The molecule has 1 rings (SSSR count). The van der Waals surface area contributed by atoms with Crippen LogP contribution in [0.15, 0.2) is 16.6 Å². The number of halogens is 4. The van der Waals surface area contributed by atoms with E-state index in [-0.39, 0.29) is 11.1 Å². The zero-order valence-corrected chi connectivity index (χ0v) is 9.76. The first-order valence-corrected chi connectivity index (χ1v) is 5.07. The van der Waals surface area contributed by atoms with Crippen LogP contribution in [0.2, 0.25) is 0 Å². The summed E-state index contributed by atoms with van der Waals surface area (Å²) in [6, 6.07) is 3.74. The average molecular weight is 308 g/mol. The molecule has 1 N–H and O–H groups in total. The lowest BCUT2D eigenvalue weighted by Gasteiger charge is -2.14. The number of aliphatic carboxylic acids is 1. The van der Waals surface area contributed by atoms with E-state index in [0.717, 1.165) is 12.1 Å². The van der Waals surface area contributed by atoms with Crippen LogP contribution in [0.4, 0.5) is 13.2 Å². The van der Waals surface area contributed by atoms with Crippen molar-refractivity contribution in [3.05, 3.63) is 33.3 Å². The Kier molecular flexibility index (Phi) is 3.78. The fourth-order valence-electron chi connectivity index (χ4n) is 1.32. The minimum atomic E-state index is -4.71. The molecule has 1 aromatic carbocycles. The number of alkyl halides is 3. The third-order valence-electron chi connectivity index (χ3n) is 1.97. The second-order valence-electron chi connectivity index (χ2n) is 3.14. The van der Waals surface area contributed by atoms with Crippen LogP contribution in [0.3, 0.4) is 0 Å². The summed E-state index contributed by atoms with van der Waals surface area (Å²) in [7, 11) is 0. The number of carbonyl (C=O) groups is 1. The normalized spacial score (nSPS) is 11.0. The standard InChI is InChI=1S/C10H5BrF3NO2/c11-9-6(4-15)2-1-5(3-7(16)17)8(9)10(12,13)14/h1-2H,3H2,(H,16,17). The van der Waals surface area contributed by atoms with Gasteiger partial charge in [-0.25, -0.2) is 0 Å². The van der Waals surface area contributed by atoms with E-state index >= 15 is 0 Å². The highest BCUT2D eigenvalue weighted by molar-refractivity contribution is 9.10. The lowest BCUT2D eigenvalue weighted by atomic mass is 10.0. The summed E-state index contributed by atoms with van der Waals surface area (Å²) in [6.07, 6.45) is -5.46. The first kappa shape index (κ1) is 13.5. The Morgan fingerprint density at radius 2 is 2.06 bits per heavy atom. The zero-order chi connectivity index (χ0) is 13.2. The molecule has 0 fully saturated rings. The Morgan fingerprint density at radius 3 is 2.47 bits per heavy atom. The van der Waals surface area contributed by atoms with Crippen LogP contribution in [0.25, 0.3) is 0 Å². The summed E-state index contributed by atoms with van der Waals surface area (Å²) >= 11 is 2.68. The molecule has 0 aliphatic heterocycles. The van der Waals surface area contributed by atoms with Gasteiger partial charge in [-0.1, -0.05) is 6.07 Å². The van der Waals surface area contributed by atoms with Gasteiger partial charge in [-0.2, -0.15) is 18.4 Å². The molecule has 90 valence electrons. The van der Waals surface area contributed by atoms with Crippen molar-refractivity contribution in [3.8, 4) is 6.07 Å². The van der Waals surface area contributed by atoms with Gasteiger partial charge in [0.1, 0.15) is 6.07 Å². The van der Waals surface area contributed by atoms with Crippen LogP contribution >= 0.6 is 15.9 Å². The van der Waals surface area contributed by atoms with Crippen molar-refractivity contribution in [1.82, 2.24) is 0 Å².